The minimum atomic E-state index is -0.162. The maximum atomic E-state index is 13.2. The van der Waals surface area contributed by atoms with Crippen molar-refractivity contribution in [2.24, 2.45) is 0 Å². The molecular weight excluding hydrogens is 392 g/mol. The lowest BCUT2D eigenvalue weighted by molar-refractivity contribution is 0.0664. The molecule has 0 aliphatic carbocycles. The summed E-state index contributed by atoms with van der Waals surface area (Å²) in [5, 5.41) is 6.92. The molecule has 158 valence electrons. The number of nitrogens with one attached hydrogen (secondary N) is 1. The van der Waals surface area contributed by atoms with Gasteiger partial charge in [-0.2, -0.15) is 5.10 Å². The predicted molar refractivity (Wildman–Crippen MR) is 116 cm³/mol. The number of nitrogens with zero attached hydrogens (tertiary/aromatic N) is 5. The third-order valence-electron chi connectivity index (χ3n) is 6.13. The largest absolute Gasteiger partial charge is 0.336 e. The first-order valence-electron chi connectivity index (χ1n) is 10.5. The minimum Gasteiger partial charge on any atom is -0.336 e. The highest BCUT2D eigenvalue weighted by Crippen LogP contribution is 2.40. The van der Waals surface area contributed by atoms with E-state index in [1.54, 1.807) is 4.90 Å². The van der Waals surface area contributed by atoms with Crippen LogP contribution in [0.1, 0.15) is 38.0 Å². The van der Waals surface area contributed by atoms with Crippen LogP contribution in [0, 0.1) is 0 Å². The molecule has 31 heavy (non-hydrogen) atoms. The number of hydrogen-bond donors (Lipinski definition) is 1. The molecule has 2 amide bonds. The minimum absolute atomic E-state index is 0.0278. The molecular formula is C23H24N6O2. The number of carbonyl (C=O) groups is 2. The predicted octanol–water partition coefficient (Wildman–Crippen LogP) is 1.98. The number of likely N-dealkylation sites (N-methyl/N-ethyl adjacent to an activating group) is 1. The highest BCUT2D eigenvalue weighted by molar-refractivity contribution is 6.08. The molecule has 1 saturated heterocycles. The molecule has 0 spiro atoms. The van der Waals surface area contributed by atoms with Gasteiger partial charge in [0.25, 0.3) is 11.8 Å². The van der Waals surface area contributed by atoms with Crippen molar-refractivity contribution in [2.45, 2.75) is 5.92 Å². The van der Waals surface area contributed by atoms with E-state index in [-0.39, 0.29) is 17.7 Å². The van der Waals surface area contributed by atoms with E-state index >= 15 is 0 Å². The van der Waals surface area contributed by atoms with Gasteiger partial charge in [0.2, 0.25) is 0 Å². The molecule has 0 bridgehead atoms. The molecule has 1 atom stereocenters. The number of rotatable bonds is 3. The van der Waals surface area contributed by atoms with Crippen LogP contribution in [-0.4, -0.2) is 76.6 Å². The Morgan fingerprint density at radius 2 is 1.74 bits per heavy atom. The zero-order chi connectivity index (χ0) is 21.4. The smallest absolute Gasteiger partial charge is 0.258 e. The maximum Gasteiger partial charge on any atom is 0.258 e. The van der Waals surface area contributed by atoms with Crippen LogP contribution in [-0.2, 0) is 0 Å². The highest BCUT2D eigenvalue weighted by atomic mass is 16.2. The number of hydrogen-bond acceptors (Lipinski definition) is 5. The Kier molecular flexibility index (Phi) is 4.99. The van der Waals surface area contributed by atoms with E-state index < -0.39 is 0 Å². The van der Waals surface area contributed by atoms with E-state index in [2.05, 4.69) is 27.1 Å². The van der Waals surface area contributed by atoms with E-state index in [1.165, 1.54) is 6.33 Å². The van der Waals surface area contributed by atoms with Crippen LogP contribution in [0.5, 0.6) is 0 Å². The molecule has 3 aromatic rings. The van der Waals surface area contributed by atoms with Crippen molar-refractivity contribution in [3.05, 3.63) is 77.4 Å². The number of H-pyrrole nitrogens is 1. The Hall–Kier alpha value is -3.52. The fourth-order valence-corrected chi connectivity index (χ4v) is 4.33. The molecule has 2 aliphatic rings. The Morgan fingerprint density at radius 1 is 0.968 bits per heavy atom. The van der Waals surface area contributed by atoms with Crippen molar-refractivity contribution in [1.82, 2.24) is 25.0 Å². The summed E-state index contributed by atoms with van der Waals surface area (Å²) in [5.74, 6) is 0.487. The zero-order valence-corrected chi connectivity index (χ0v) is 17.4. The lowest BCUT2D eigenvalue weighted by atomic mass is 9.98. The first kappa shape index (κ1) is 19.4. The van der Waals surface area contributed by atoms with Crippen LogP contribution in [0.2, 0.25) is 0 Å². The van der Waals surface area contributed by atoms with E-state index in [0.29, 0.717) is 23.5 Å². The van der Waals surface area contributed by atoms with Crippen molar-refractivity contribution in [2.75, 3.05) is 44.7 Å². The third kappa shape index (κ3) is 3.59. The first-order chi connectivity index (χ1) is 15.1. The number of aromatic nitrogens is 3. The average molecular weight is 416 g/mol. The van der Waals surface area contributed by atoms with Gasteiger partial charge >= 0.3 is 0 Å². The fraction of sp³-hybridized carbons (Fsp3) is 0.304. The molecule has 1 aromatic heterocycles. The SMILES string of the molecule is CN1CCN(C(=O)c2ccc3c(c2)[C@H](c2ncn[nH]2)CN3C(=O)c2ccccc2)CC1. The Bertz CT molecular complexity index is 1090. The Morgan fingerprint density at radius 3 is 2.45 bits per heavy atom. The van der Waals surface area contributed by atoms with Gasteiger partial charge in [-0.05, 0) is 42.9 Å². The van der Waals surface area contributed by atoms with Crippen molar-refractivity contribution in [3.63, 3.8) is 0 Å². The molecule has 8 nitrogen and oxygen atoms in total. The van der Waals surface area contributed by atoms with Crippen LogP contribution >= 0.6 is 0 Å². The molecule has 3 heterocycles. The van der Waals surface area contributed by atoms with Crippen molar-refractivity contribution >= 4 is 17.5 Å². The normalized spacial score (nSPS) is 18.8. The quantitative estimate of drug-likeness (QED) is 0.706. The lowest BCUT2D eigenvalue weighted by Gasteiger charge is -2.32. The van der Waals surface area contributed by atoms with Crippen molar-refractivity contribution in [3.8, 4) is 0 Å². The van der Waals surface area contributed by atoms with Crippen LogP contribution in [0.3, 0.4) is 0 Å². The monoisotopic (exact) mass is 416 g/mol. The Balaban J connectivity index is 1.49. The molecule has 2 aromatic carbocycles. The molecule has 0 radical (unpaired) electrons. The second-order valence-electron chi connectivity index (χ2n) is 8.07. The van der Waals surface area contributed by atoms with E-state index in [4.69, 9.17) is 0 Å². The van der Waals surface area contributed by atoms with Gasteiger partial charge in [-0.3, -0.25) is 14.7 Å². The summed E-state index contributed by atoms with van der Waals surface area (Å²) in [6.07, 6.45) is 1.47. The summed E-state index contributed by atoms with van der Waals surface area (Å²) in [5.41, 5.74) is 3.00. The van der Waals surface area contributed by atoms with Crippen LogP contribution < -0.4 is 4.90 Å². The van der Waals surface area contributed by atoms with Crippen molar-refractivity contribution in [1.29, 1.82) is 0 Å². The molecule has 2 aliphatic heterocycles. The molecule has 1 N–H and O–H groups in total. The van der Waals surface area contributed by atoms with Crippen molar-refractivity contribution < 1.29 is 9.59 Å². The molecule has 8 heteroatoms. The second kappa shape index (κ2) is 7.96. The summed E-state index contributed by atoms with van der Waals surface area (Å²) >= 11 is 0. The first-order valence-corrected chi connectivity index (χ1v) is 10.5. The van der Waals surface area contributed by atoms with E-state index in [9.17, 15) is 9.59 Å². The van der Waals surface area contributed by atoms with Gasteiger partial charge in [0, 0.05) is 49.5 Å². The molecule has 5 rings (SSSR count). The van der Waals surface area contributed by atoms with E-state index in [0.717, 1.165) is 37.4 Å². The lowest BCUT2D eigenvalue weighted by Crippen LogP contribution is -2.47. The van der Waals surface area contributed by atoms with Gasteiger partial charge in [0.15, 0.2) is 0 Å². The van der Waals surface area contributed by atoms with Crippen LogP contribution in [0.4, 0.5) is 5.69 Å². The van der Waals surface area contributed by atoms with Gasteiger partial charge in [0.1, 0.15) is 12.2 Å². The van der Waals surface area contributed by atoms with Crippen LogP contribution in [0.15, 0.2) is 54.9 Å². The molecule has 0 saturated carbocycles. The standard InChI is InChI=1S/C23H24N6O2/c1-27-9-11-28(12-10-27)22(30)17-7-8-20-18(13-17)19(21-24-15-25-26-21)14-29(20)23(31)16-5-3-2-4-6-16/h2-8,13,15,19H,9-12,14H2,1H3,(H,24,25,26)/t19-/m1/s1. The van der Waals surface area contributed by atoms with Gasteiger partial charge in [-0.25, -0.2) is 4.98 Å². The maximum absolute atomic E-state index is 13.2. The Labute approximate surface area is 180 Å². The number of anilines is 1. The highest BCUT2D eigenvalue weighted by Gasteiger charge is 2.36. The fourth-order valence-electron chi connectivity index (χ4n) is 4.33. The summed E-state index contributed by atoms with van der Waals surface area (Å²) in [6.45, 7) is 3.63. The number of benzene rings is 2. The molecule has 0 unspecified atom stereocenters. The number of amides is 2. The number of carbonyl (C=O) groups excluding carboxylic acids is 2. The van der Waals surface area contributed by atoms with Gasteiger partial charge in [-0.1, -0.05) is 18.2 Å². The van der Waals surface area contributed by atoms with Crippen LogP contribution in [0.25, 0.3) is 0 Å². The number of fused-ring (bicyclic) bond motifs is 1. The van der Waals surface area contributed by atoms with E-state index in [1.807, 2.05) is 53.4 Å². The zero-order valence-electron chi connectivity index (χ0n) is 17.4. The number of piperazine rings is 1. The molecule has 1 fully saturated rings. The third-order valence-corrected chi connectivity index (χ3v) is 6.13. The summed E-state index contributed by atoms with van der Waals surface area (Å²) < 4.78 is 0. The summed E-state index contributed by atoms with van der Waals surface area (Å²) in [6, 6.07) is 14.9. The van der Waals surface area contributed by atoms with Gasteiger partial charge in [-0.15, -0.1) is 0 Å². The second-order valence-corrected chi connectivity index (χ2v) is 8.07. The topological polar surface area (TPSA) is 85.4 Å². The van der Waals surface area contributed by atoms with Gasteiger partial charge < -0.3 is 14.7 Å². The van der Waals surface area contributed by atoms with Gasteiger partial charge in [0.05, 0.1) is 5.92 Å². The summed E-state index contributed by atoms with van der Waals surface area (Å²) in [7, 11) is 2.07. The number of aromatic amines is 1. The average Bonchev–Trinajstić information content (AvgIpc) is 3.47. The summed E-state index contributed by atoms with van der Waals surface area (Å²) in [4.78, 5) is 36.6.